The summed E-state index contributed by atoms with van der Waals surface area (Å²) in [5.41, 5.74) is 2.94. The number of benzene rings is 1. The third-order valence-corrected chi connectivity index (χ3v) is 11.4. The fourth-order valence-electron chi connectivity index (χ4n) is 9.12. The molecule has 0 aliphatic heterocycles. The summed E-state index contributed by atoms with van der Waals surface area (Å²) in [5, 5.41) is 9.08. The van der Waals surface area contributed by atoms with Crippen LogP contribution in [0.5, 0.6) is 5.75 Å². The number of Topliss-reactive ketones (excluding diaryl/α,β-unsaturated/α-hetero) is 1. The van der Waals surface area contributed by atoms with Crippen molar-refractivity contribution in [2.75, 3.05) is 26.8 Å². The van der Waals surface area contributed by atoms with Gasteiger partial charge in [-0.2, -0.15) is 0 Å². The number of ketones is 1. The summed E-state index contributed by atoms with van der Waals surface area (Å²) in [4.78, 5) is 30.1. The molecule has 0 radical (unpaired) electrons. The highest BCUT2D eigenvalue weighted by molar-refractivity contribution is 5.92. The van der Waals surface area contributed by atoms with Gasteiger partial charge in [0.2, 0.25) is 0 Å². The van der Waals surface area contributed by atoms with E-state index >= 15 is 0 Å². The van der Waals surface area contributed by atoms with Gasteiger partial charge >= 0.3 is 5.63 Å². The van der Waals surface area contributed by atoms with Crippen LogP contribution in [0.25, 0.3) is 11.0 Å². The molecule has 0 bridgehead atoms. The molecule has 1 N–H and O–H groups in total. The monoisotopic (exact) mass is 548 g/mol. The van der Waals surface area contributed by atoms with Gasteiger partial charge in [-0.25, -0.2) is 4.79 Å². The third kappa shape index (κ3) is 4.88. The van der Waals surface area contributed by atoms with Gasteiger partial charge in [-0.15, -0.1) is 0 Å². The molecule has 40 heavy (non-hydrogen) atoms. The standard InChI is InChI=1S/C33H44N2O5/c1-32-13-10-23(36)19-22(32)4-6-26-27-8-9-30(33(27,2)14-11-28(26)32)35-39-17-16-34-15-12-21-18-31(37)40-29-20-24(38-3)5-7-25(21)29/h5,7,18,20,22,26-28,34H,4,6,8-17,19H2,1-3H3/b35-30-/t22-,26-,27-,28-,32-,33-/m0/s1. The predicted octanol–water partition coefficient (Wildman–Crippen LogP) is 5.92. The van der Waals surface area contributed by atoms with Crippen LogP contribution in [0.3, 0.4) is 0 Å². The SMILES string of the molecule is COc1ccc2c(CCNCCO/N=C3/CC[C@H]4[C@@H]5CC[C@H]6CC(=O)CC[C@]6(C)[C@H]5CC[C@]34C)cc(=O)oc2c1. The zero-order valence-corrected chi connectivity index (χ0v) is 24.3. The normalized spacial score (nSPS) is 34.4. The summed E-state index contributed by atoms with van der Waals surface area (Å²) in [6.07, 6.45) is 10.7. The molecule has 1 aromatic carbocycles. The summed E-state index contributed by atoms with van der Waals surface area (Å²) in [7, 11) is 1.60. The summed E-state index contributed by atoms with van der Waals surface area (Å²) in [5.74, 6) is 3.98. The van der Waals surface area contributed by atoms with Gasteiger partial charge in [0.15, 0.2) is 0 Å². The minimum Gasteiger partial charge on any atom is -0.497 e. The molecule has 1 heterocycles. The topological polar surface area (TPSA) is 90.1 Å². The van der Waals surface area contributed by atoms with Crippen molar-refractivity contribution in [1.82, 2.24) is 5.32 Å². The molecule has 0 spiro atoms. The molecule has 4 aliphatic carbocycles. The maximum atomic E-state index is 12.2. The maximum Gasteiger partial charge on any atom is 0.336 e. The number of nitrogens with one attached hydrogen (secondary N) is 1. The van der Waals surface area contributed by atoms with E-state index in [1.54, 1.807) is 19.2 Å². The Morgan fingerprint density at radius 2 is 1.90 bits per heavy atom. The highest BCUT2D eigenvalue weighted by Crippen LogP contribution is 2.65. The van der Waals surface area contributed by atoms with Gasteiger partial charge in [-0.05, 0) is 105 Å². The molecule has 0 saturated heterocycles. The quantitative estimate of drug-likeness (QED) is 0.250. The number of hydrogen-bond acceptors (Lipinski definition) is 7. The first-order valence-electron chi connectivity index (χ1n) is 15.3. The number of hydrogen-bond donors (Lipinski definition) is 1. The largest absolute Gasteiger partial charge is 0.497 e. The molecule has 7 heteroatoms. The van der Waals surface area contributed by atoms with E-state index in [1.165, 1.54) is 37.8 Å². The van der Waals surface area contributed by atoms with Crippen LogP contribution < -0.4 is 15.7 Å². The average Bonchev–Trinajstić information content (AvgIpc) is 3.28. The highest BCUT2D eigenvalue weighted by atomic mass is 16.6. The lowest BCUT2D eigenvalue weighted by Gasteiger charge is -2.59. The second kappa shape index (κ2) is 11.0. The molecule has 4 saturated carbocycles. The van der Waals surface area contributed by atoms with Crippen LogP contribution in [0, 0.1) is 34.5 Å². The molecule has 4 aliphatic rings. The Kier molecular flexibility index (Phi) is 7.53. The summed E-state index contributed by atoms with van der Waals surface area (Å²) in [6.45, 7) is 6.91. The fourth-order valence-corrected chi connectivity index (χ4v) is 9.12. The number of ether oxygens (including phenoxy) is 1. The van der Waals surface area contributed by atoms with E-state index in [9.17, 15) is 9.59 Å². The number of carbonyl (C=O) groups excluding carboxylic acids is 1. The van der Waals surface area contributed by atoms with E-state index in [2.05, 4.69) is 19.2 Å². The van der Waals surface area contributed by atoms with Gasteiger partial charge in [0.25, 0.3) is 0 Å². The number of rotatable bonds is 8. The van der Waals surface area contributed by atoms with Crippen molar-refractivity contribution in [2.24, 2.45) is 39.7 Å². The van der Waals surface area contributed by atoms with Crippen LogP contribution in [0.2, 0.25) is 0 Å². The van der Waals surface area contributed by atoms with E-state index in [1.807, 2.05) is 12.1 Å². The molecule has 216 valence electrons. The zero-order chi connectivity index (χ0) is 27.9. The van der Waals surface area contributed by atoms with Crippen molar-refractivity contribution in [1.29, 1.82) is 0 Å². The zero-order valence-electron chi connectivity index (χ0n) is 24.3. The summed E-state index contributed by atoms with van der Waals surface area (Å²) in [6, 6.07) is 7.16. The molecule has 1 aromatic heterocycles. The number of fused-ring (bicyclic) bond motifs is 6. The van der Waals surface area contributed by atoms with Gasteiger partial charge in [-0.3, -0.25) is 4.79 Å². The summed E-state index contributed by atoms with van der Waals surface area (Å²) >= 11 is 0. The van der Waals surface area contributed by atoms with Crippen molar-refractivity contribution in [2.45, 2.75) is 78.1 Å². The lowest BCUT2D eigenvalue weighted by atomic mass is 9.45. The van der Waals surface area contributed by atoms with Crippen molar-refractivity contribution in [3.05, 3.63) is 40.2 Å². The Morgan fingerprint density at radius 1 is 1.02 bits per heavy atom. The minimum atomic E-state index is -0.344. The second-order valence-corrected chi connectivity index (χ2v) is 13.2. The van der Waals surface area contributed by atoms with E-state index in [-0.39, 0.29) is 11.0 Å². The van der Waals surface area contributed by atoms with Crippen LogP contribution in [0.4, 0.5) is 0 Å². The molecule has 4 fully saturated rings. The molecule has 6 rings (SSSR count). The first-order chi connectivity index (χ1) is 19.3. The van der Waals surface area contributed by atoms with E-state index in [0.717, 1.165) is 61.4 Å². The highest BCUT2D eigenvalue weighted by Gasteiger charge is 2.59. The van der Waals surface area contributed by atoms with Crippen LogP contribution >= 0.6 is 0 Å². The van der Waals surface area contributed by atoms with E-state index < -0.39 is 0 Å². The average molecular weight is 549 g/mol. The second-order valence-electron chi connectivity index (χ2n) is 13.2. The fraction of sp³-hybridized carbons (Fsp3) is 0.667. The van der Waals surface area contributed by atoms with Crippen molar-refractivity contribution in [3.8, 4) is 5.75 Å². The van der Waals surface area contributed by atoms with E-state index in [4.69, 9.17) is 19.1 Å². The van der Waals surface area contributed by atoms with Gasteiger partial charge in [0, 0.05) is 42.3 Å². The predicted molar refractivity (Wildman–Crippen MR) is 156 cm³/mol. The molecular weight excluding hydrogens is 504 g/mol. The maximum absolute atomic E-state index is 12.2. The van der Waals surface area contributed by atoms with Crippen molar-refractivity contribution >= 4 is 22.5 Å². The summed E-state index contributed by atoms with van der Waals surface area (Å²) < 4.78 is 10.6. The van der Waals surface area contributed by atoms with Crippen molar-refractivity contribution < 1.29 is 18.8 Å². The Morgan fingerprint density at radius 3 is 2.75 bits per heavy atom. The Labute approximate surface area is 237 Å². The minimum absolute atomic E-state index is 0.153. The first kappa shape index (κ1) is 27.5. The smallest absolute Gasteiger partial charge is 0.336 e. The van der Waals surface area contributed by atoms with Gasteiger partial charge in [-0.1, -0.05) is 19.0 Å². The number of carbonyl (C=O) groups is 1. The molecule has 0 amide bonds. The molecular formula is C33H44N2O5. The van der Waals surface area contributed by atoms with E-state index in [0.29, 0.717) is 47.5 Å². The molecule has 2 aromatic rings. The Balaban J connectivity index is 1.00. The van der Waals surface area contributed by atoms with Crippen LogP contribution in [-0.4, -0.2) is 38.3 Å². The lowest BCUT2D eigenvalue weighted by Crippen LogP contribution is -2.53. The van der Waals surface area contributed by atoms with Crippen molar-refractivity contribution in [3.63, 3.8) is 0 Å². The Hall–Kier alpha value is -2.67. The first-order valence-corrected chi connectivity index (χ1v) is 15.3. The number of nitrogens with zero attached hydrogens (tertiary/aromatic N) is 1. The lowest BCUT2D eigenvalue weighted by molar-refractivity contribution is -0.136. The van der Waals surface area contributed by atoms with Gasteiger partial charge in [0.1, 0.15) is 23.7 Å². The van der Waals surface area contributed by atoms with Crippen LogP contribution in [0.15, 0.2) is 38.6 Å². The van der Waals surface area contributed by atoms with Gasteiger partial charge in [0.05, 0.1) is 12.8 Å². The van der Waals surface area contributed by atoms with Crippen LogP contribution in [-0.2, 0) is 16.1 Å². The Bertz CT molecular complexity index is 1350. The molecule has 0 unspecified atom stereocenters. The molecule has 6 atom stereocenters. The molecule has 7 nitrogen and oxygen atoms in total. The van der Waals surface area contributed by atoms with Gasteiger partial charge < -0.3 is 19.3 Å². The number of oxime groups is 1. The van der Waals surface area contributed by atoms with Crippen LogP contribution in [0.1, 0.15) is 77.2 Å². The number of methoxy groups -OCH3 is 1. The third-order valence-electron chi connectivity index (χ3n) is 11.4.